The van der Waals surface area contributed by atoms with Crippen LogP contribution in [-0.4, -0.2) is 4.98 Å². The van der Waals surface area contributed by atoms with Gasteiger partial charge in [-0.05, 0) is 28.3 Å². The summed E-state index contributed by atoms with van der Waals surface area (Å²) in [5.41, 5.74) is 0. The van der Waals surface area contributed by atoms with Crippen molar-refractivity contribution < 1.29 is 0 Å². The minimum atomic E-state index is 1.16. The molecule has 3 rings (SSSR count). The van der Waals surface area contributed by atoms with Crippen LogP contribution < -0.4 is 0 Å². The van der Waals surface area contributed by atoms with Gasteiger partial charge in [0.2, 0.25) is 0 Å². The quantitative estimate of drug-likeness (QED) is 0.482. The van der Waals surface area contributed by atoms with E-state index in [0.717, 1.165) is 5.39 Å². The lowest BCUT2D eigenvalue weighted by molar-refractivity contribution is 1.37. The van der Waals surface area contributed by atoms with Gasteiger partial charge in [0.05, 0.1) is 0 Å². The van der Waals surface area contributed by atoms with Crippen LogP contribution in [0.3, 0.4) is 0 Å². The van der Waals surface area contributed by atoms with Crippen LogP contribution in [0.25, 0.3) is 21.5 Å². The van der Waals surface area contributed by atoms with Crippen molar-refractivity contribution in [3.05, 3.63) is 54.9 Å². The average molecular weight is 178 g/mol. The number of benzene rings is 2. The number of rotatable bonds is 0. The Hall–Kier alpha value is -1.89. The van der Waals surface area contributed by atoms with E-state index >= 15 is 0 Å². The number of nitrogens with zero attached hydrogens (tertiary/aromatic N) is 1. The number of hydrogen-bond acceptors (Lipinski definition) is 1. The molecule has 1 radical (unpaired) electrons. The van der Waals surface area contributed by atoms with E-state index in [1.807, 2.05) is 30.6 Å². The largest absolute Gasteiger partial charge is 0.264 e. The first-order chi connectivity index (χ1) is 6.95. The van der Waals surface area contributed by atoms with E-state index in [4.69, 9.17) is 0 Å². The highest BCUT2D eigenvalue weighted by molar-refractivity contribution is 6.06. The molecule has 0 bridgehead atoms. The molecule has 3 aromatic rings. The minimum absolute atomic E-state index is 1.16. The van der Waals surface area contributed by atoms with Gasteiger partial charge >= 0.3 is 0 Å². The van der Waals surface area contributed by atoms with Gasteiger partial charge < -0.3 is 0 Å². The van der Waals surface area contributed by atoms with Crippen LogP contribution in [0.2, 0.25) is 0 Å². The normalized spacial score (nSPS) is 10.9. The Morgan fingerprint density at radius 1 is 1.00 bits per heavy atom. The predicted octanol–water partition coefficient (Wildman–Crippen LogP) is 3.19. The Morgan fingerprint density at radius 3 is 3.00 bits per heavy atom. The first-order valence-corrected chi connectivity index (χ1v) is 4.58. The summed E-state index contributed by atoms with van der Waals surface area (Å²) in [4.78, 5) is 4.11. The molecule has 0 fully saturated rings. The smallest absolute Gasteiger partial charge is 0.0346 e. The van der Waals surface area contributed by atoms with Crippen LogP contribution in [0.4, 0.5) is 0 Å². The van der Waals surface area contributed by atoms with Crippen LogP contribution in [0, 0.1) is 6.07 Å². The lowest BCUT2D eigenvalue weighted by atomic mass is 10.0. The molecule has 0 saturated heterocycles. The molecule has 0 unspecified atom stereocenters. The fraction of sp³-hybridized carbons (Fsp3) is 0. The minimum Gasteiger partial charge on any atom is -0.264 e. The van der Waals surface area contributed by atoms with Crippen LogP contribution in [0.15, 0.2) is 48.8 Å². The van der Waals surface area contributed by atoms with Gasteiger partial charge in [0.15, 0.2) is 0 Å². The van der Waals surface area contributed by atoms with E-state index in [1.54, 1.807) is 0 Å². The molecule has 1 heteroatoms. The van der Waals surface area contributed by atoms with Gasteiger partial charge in [0, 0.05) is 17.8 Å². The highest BCUT2D eigenvalue weighted by Gasteiger charge is 1.98. The molecule has 65 valence electrons. The summed E-state index contributed by atoms with van der Waals surface area (Å²) < 4.78 is 0. The number of fused-ring (bicyclic) bond motifs is 3. The molecule has 0 saturated carbocycles. The number of hydrogen-bond donors (Lipinski definition) is 0. The van der Waals surface area contributed by atoms with E-state index in [-0.39, 0.29) is 0 Å². The van der Waals surface area contributed by atoms with E-state index in [0.29, 0.717) is 0 Å². The second-order valence-electron chi connectivity index (χ2n) is 3.29. The Balaban J connectivity index is 2.61. The van der Waals surface area contributed by atoms with Crippen LogP contribution in [0.1, 0.15) is 0 Å². The SMILES string of the molecule is [c]1cccc2c1ccc1cnccc12. The second kappa shape index (κ2) is 2.81. The second-order valence-corrected chi connectivity index (χ2v) is 3.29. The van der Waals surface area contributed by atoms with Gasteiger partial charge in [0.25, 0.3) is 0 Å². The molecule has 0 aliphatic rings. The molecule has 0 amide bonds. The van der Waals surface area contributed by atoms with Crippen molar-refractivity contribution in [2.24, 2.45) is 0 Å². The summed E-state index contributed by atoms with van der Waals surface area (Å²) in [5, 5.41) is 4.83. The summed E-state index contributed by atoms with van der Waals surface area (Å²) in [6.45, 7) is 0. The number of aromatic nitrogens is 1. The molecule has 0 N–H and O–H groups in total. The molecule has 0 aliphatic carbocycles. The topological polar surface area (TPSA) is 12.9 Å². The van der Waals surface area contributed by atoms with Crippen molar-refractivity contribution >= 4 is 21.5 Å². The van der Waals surface area contributed by atoms with Gasteiger partial charge in [-0.15, -0.1) is 0 Å². The van der Waals surface area contributed by atoms with Gasteiger partial charge in [0.1, 0.15) is 0 Å². The van der Waals surface area contributed by atoms with Gasteiger partial charge in [-0.1, -0.05) is 30.3 Å². The predicted molar refractivity (Wildman–Crippen MR) is 58.1 cm³/mol. The van der Waals surface area contributed by atoms with Crippen LogP contribution in [-0.2, 0) is 0 Å². The first kappa shape index (κ1) is 7.51. The van der Waals surface area contributed by atoms with E-state index < -0.39 is 0 Å². The zero-order valence-electron chi connectivity index (χ0n) is 7.57. The van der Waals surface area contributed by atoms with Crippen LogP contribution >= 0.6 is 0 Å². The summed E-state index contributed by atoms with van der Waals surface area (Å²) in [5.74, 6) is 0. The summed E-state index contributed by atoms with van der Waals surface area (Å²) >= 11 is 0. The maximum absolute atomic E-state index is 4.11. The van der Waals surface area contributed by atoms with Crippen molar-refractivity contribution in [3.8, 4) is 0 Å². The monoisotopic (exact) mass is 178 g/mol. The standard InChI is InChI=1S/C13H8N/c1-2-4-12-10(3-1)5-6-11-9-14-8-7-13(11)12/h1-2,4-9H. The van der Waals surface area contributed by atoms with E-state index in [9.17, 15) is 0 Å². The molecular weight excluding hydrogens is 170 g/mol. The van der Waals surface area contributed by atoms with E-state index in [1.165, 1.54) is 16.2 Å². The lowest BCUT2D eigenvalue weighted by Gasteiger charge is -2.01. The molecule has 0 aliphatic heterocycles. The van der Waals surface area contributed by atoms with Gasteiger partial charge in [-0.3, -0.25) is 4.98 Å². The maximum Gasteiger partial charge on any atom is 0.0346 e. The van der Waals surface area contributed by atoms with E-state index in [2.05, 4.69) is 29.2 Å². The molecule has 14 heavy (non-hydrogen) atoms. The summed E-state index contributed by atoms with van der Waals surface area (Å²) in [6, 6.07) is 15.5. The third-order valence-electron chi connectivity index (χ3n) is 2.46. The van der Waals surface area contributed by atoms with Crippen molar-refractivity contribution in [1.82, 2.24) is 4.98 Å². The Kier molecular flexibility index (Phi) is 1.51. The van der Waals surface area contributed by atoms with Crippen LogP contribution in [0.5, 0.6) is 0 Å². The molecule has 1 nitrogen and oxygen atoms in total. The van der Waals surface area contributed by atoms with Crippen molar-refractivity contribution in [3.63, 3.8) is 0 Å². The molecule has 0 atom stereocenters. The fourth-order valence-electron chi connectivity index (χ4n) is 1.78. The molecule has 0 spiro atoms. The average Bonchev–Trinajstić information content (AvgIpc) is 2.29. The summed E-state index contributed by atoms with van der Waals surface area (Å²) in [7, 11) is 0. The van der Waals surface area contributed by atoms with Gasteiger partial charge in [-0.2, -0.15) is 0 Å². The maximum atomic E-state index is 4.11. The highest BCUT2D eigenvalue weighted by atomic mass is 14.6. The zero-order chi connectivity index (χ0) is 9.38. The lowest BCUT2D eigenvalue weighted by Crippen LogP contribution is -1.78. The molecule has 1 aromatic heterocycles. The van der Waals surface area contributed by atoms with Crippen molar-refractivity contribution in [2.75, 3.05) is 0 Å². The van der Waals surface area contributed by atoms with Gasteiger partial charge in [-0.25, -0.2) is 0 Å². The number of pyridine rings is 1. The zero-order valence-corrected chi connectivity index (χ0v) is 7.57. The van der Waals surface area contributed by atoms with Crippen molar-refractivity contribution in [2.45, 2.75) is 0 Å². The third-order valence-corrected chi connectivity index (χ3v) is 2.46. The Labute approximate surface area is 82.0 Å². The highest BCUT2D eigenvalue weighted by Crippen LogP contribution is 2.23. The Bertz CT molecular complexity index is 544. The first-order valence-electron chi connectivity index (χ1n) is 4.58. The Morgan fingerprint density at radius 2 is 2.00 bits per heavy atom. The third kappa shape index (κ3) is 0.990. The molecule has 1 heterocycles. The van der Waals surface area contributed by atoms with Crippen molar-refractivity contribution in [1.29, 1.82) is 0 Å². The molecular formula is C13H8N. The molecule has 2 aromatic carbocycles. The summed E-state index contributed by atoms with van der Waals surface area (Å²) in [6.07, 6.45) is 3.72. The fourth-order valence-corrected chi connectivity index (χ4v) is 1.78.